The third-order valence-corrected chi connectivity index (χ3v) is 6.42. The lowest BCUT2D eigenvalue weighted by Crippen LogP contribution is -2.26. The number of hydrogen-bond donors (Lipinski definition) is 0. The summed E-state index contributed by atoms with van der Waals surface area (Å²) in [4.78, 5) is 5.99. The summed E-state index contributed by atoms with van der Waals surface area (Å²) in [6.45, 7) is 6.94. The van der Waals surface area contributed by atoms with Gasteiger partial charge in [-0.1, -0.05) is 48.8 Å². The van der Waals surface area contributed by atoms with E-state index in [0.29, 0.717) is 11.3 Å². The van der Waals surface area contributed by atoms with Crippen molar-refractivity contribution in [3.63, 3.8) is 0 Å². The van der Waals surface area contributed by atoms with Crippen molar-refractivity contribution in [1.82, 2.24) is 0 Å². The lowest BCUT2D eigenvalue weighted by molar-refractivity contribution is 0.218. The molecule has 1 aromatic heterocycles. The maximum atomic E-state index is 9.61. The Balaban J connectivity index is 1.91. The van der Waals surface area contributed by atoms with Crippen molar-refractivity contribution in [2.24, 2.45) is 16.3 Å². The molecule has 1 aliphatic rings. The average molecular weight is 401 g/mol. The first kappa shape index (κ1) is 17.4. The molecule has 0 aliphatic heterocycles. The van der Waals surface area contributed by atoms with Gasteiger partial charge < -0.3 is 0 Å². The zero-order valence-corrected chi connectivity index (χ0v) is 16.7. The monoisotopic (exact) mass is 400 g/mol. The van der Waals surface area contributed by atoms with Crippen LogP contribution in [0.15, 0.2) is 33.7 Å². The Morgan fingerprint density at radius 3 is 2.83 bits per heavy atom. The highest BCUT2D eigenvalue weighted by molar-refractivity contribution is 9.10. The van der Waals surface area contributed by atoms with Crippen LogP contribution in [0.3, 0.4) is 0 Å². The number of benzene rings is 1. The summed E-state index contributed by atoms with van der Waals surface area (Å²) in [6.07, 6.45) is 5.09. The number of aliphatic imine (C=N–C) groups is 1. The highest BCUT2D eigenvalue weighted by Gasteiger charge is 2.32. The van der Waals surface area contributed by atoms with Gasteiger partial charge in [0, 0.05) is 15.6 Å². The predicted octanol–water partition coefficient (Wildman–Crippen LogP) is 6.28. The van der Waals surface area contributed by atoms with E-state index in [1.165, 1.54) is 10.4 Å². The van der Waals surface area contributed by atoms with Crippen molar-refractivity contribution < 1.29 is 0 Å². The predicted molar refractivity (Wildman–Crippen MR) is 105 cm³/mol. The fourth-order valence-electron chi connectivity index (χ4n) is 3.24. The quantitative estimate of drug-likeness (QED) is 0.545. The van der Waals surface area contributed by atoms with Crippen LogP contribution in [-0.2, 0) is 12.8 Å². The molecule has 1 aliphatic carbocycles. The molecule has 124 valence electrons. The molecule has 1 aromatic carbocycles. The zero-order chi connectivity index (χ0) is 17.3. The molecule has 3 rings (SSSR count). The van der Waals surface area contributed by atoms with E-state index in [4.69, 9.17) is 0 Å². The SMILES string of the molecule is CC(C)(C)[C@@H]1CCc2c(sc(N=Cc3cccc(Br)c3)c2C#N)C1. The Labute approximate surface area is 156 Å². The van der Waals surface area contributed by atoms with Gasteiger partial charge in [-0.2, -0.15) is 5.26 Å². The number of nitriles is 1. The van der Waals surface area contributed by atoms with E-state index in [0.717, 1.165) is 39.9 Å². The topological polar surface area (TPSA) is 36.1 Å². The number of halogens is 1. The molecule has 1 atom stereocenters. The Kier molecular flexibility index (Phi) is 4.94. The van der Waals surface area contributed by atoms with Gasteiger partial charge in [-0.3, -0.25) is 0 Å². The van der Waals surface area contributed by atoms with E-state index in [9.17, 15) is 5.26 Å². The number of nitrogens with zero attached hydrogens (tertiary/aromatic N) is 2. The van der Waals surface area contributed by atoms with E-state index in [-0.39, 0.29) is 0 Å². The van der Waals surface area contributed by atoms with Crippen molar-refractivity contribution in [2.45, 2.75) is 40.0 Å². The van der Waals surface area contributed by atoms with E-state index in [2.05, 4.69) is 47.8 Å². The van der Waals surface area contributed by atoms with Crippen LogP contribution in [0.5, 0.6) is 0 Å². The molecule has 2 nitrogen and oxygen atoms in total. The molecule has 0 radical (unpaired) electrons. The zero-order valence-electron chi connectivity index (χ0n) is 14.3. The maximum absolute atomic E-state index is 9.61. The van der Waals surface area contributed by atoms with Crippen LogP contribution in [-0.4, -0.2) is 6.21 Å². The van der Waals surface area contributed by atoms with Crippen molar-refractivity contribution in [2.75, 3.05) is 0 Å². The highest BCUT2D eigenvalue weighted by Crippen LogP contribution is 2.44. The standard InChI is InChI=1S/C20H21BrN2S/c1-20(2,3)14-7-8-16-17(11-22)19(24-18(16)10-14)23-12-13-5-4-6-15(21)9-13/h4-6,9,12,14H,7-8,10H2,1-3H3/t14-/m1/s1. The second-order valence-electron chi connectivity index (χ2n) is 7.41. The van der Waals surface area contributed by atoms with Crippen LogP contribution in [0.2, 0.25) is 0 Å². The Morgan fingerprint density at radius 1 is 1.38 bits per heavy atom. The van der Waals surface area contributed by atoms with Gasteiger partial charge in [-0.15, -0.1) is 11.3 Å². The fraction of sp³-hybridized carbons (Fsp3) is 0.400. The summed E-state index contributed by atoms with van der Waals surface area (Å²) in [5.74, 6) is 0.678. The molecule has 0 saturated carbocycles. The van der Waals surface area contributed by atoms with Gasteiger partial charge in [0.1, 0.15) is 11.1 Å². The normalized spacial score (nSPS) is 17.7. The van der Waals surface area contributed by atoms with Crippen LogP contribution >= 0.6 is 27.3 Å². The summed E-state index contributed by atoms with van der Waals surface area (Å²) >= 11 is 5.17. The van der Waals surface area contributed by atoms with Crippen LogP contribution < -0.4 is 0 Å². The van der Waals surface area contributed by atoms with Crippen molar-refractivity contribution in [3.8, 4) is 6.07 Å². The number of rotatable bonds is 2. The fourth-order valence-corrected chi connectivity index (χ4v) is 4.88. The lowest BCUT2D eigenvalue weighted by Gasteiger charge is -2.33. The van der Waals surface area contributed by atoms with Gasteiger partial charge >= 0.3 is 0 Å². The van der Waals surface area contributed by atoms with Gasteiger partial charge in [0.15, 0.2) is 0 Å². The summed E-state index contributed by atoms with van der Waals surface area (Å²) in [5, 5.41) is 10.5. The molecular formula is C20H21BrN2S. The minimum Gasteiger partial charge on any atom is -0.244 e. The van der Waals surface area contributed by atoms with Gasteiger partial charge in [0.05, 0.1) is 5.56 Å². The molecule has 0 saturated heterocycles. The number of thiophene rings is 1. The third-order valence-electron chi connectivity index (χ3n) is 4.76. The van der Waals surface area contributed by atoms with Gasteiger partial charge in [-0.25, -0.2) is 4.99 Å². The minimum atomic E-state index is 0.314. The van der Waals surface area contributed by atoms with Crippen LogP contribution in [0.1, 0.15) is 48.8 Å². The van der Waals surface area contributed by atoms with Gasteiger partial charge in [0.25, 0.3) is 0 Å². The Bertz CT molecular complexity index is 821. The van der Waals surface area contributed by atoms with E-state index >= 15 is 0 Å². The molecule has 2 aromatic rings. The molecular weight excluding hydrogens is 380 g/mol. The largest absolute Gasteiger partial charge is 0.244 e. The van der Waals surface area contributed by atoms with Crippen LogP contribution in [0.25, 0.3) is 0 Å². The Morgan fingerprint density at radius 2 is 2.17 bits per heavy atom. The average Bonchev–Trinajstić information content (AvgIpc) is 2.88. The molecule has 0 unspecified atom stereocenters. The second-order valence-corrected chi connectivity index (χ2v) is 9.41. The summed E-state index contributed by atoms with van der Waals surface area (Å²) in [7, 11) is 0. The van der Waals surface area contributed by atoms with Gasteiger partial charge in [-0.05, 0) is 53.9 Å². The van der Waals surface area contributed by atoms with Crippen molar-refractivity contribution in [1.29, 1.82) is 5.26 Å². The molecule has 1 heterocycles. The van der Waals surface area contributed by atoms with E-state index in [1.807, 2.05) is 30.5 Å². The van der Waals surface area contributed by atoms with E-state index in [1.54, 1.807) is 11.3 Å². The molecule has 0 N–H and O–H groups in total. The Hall–Kier alpha value is -1.44. The minimum absolute atomic E-state index is 0.314. The second kappa shape index (κ2) is 6.82. The molecule has 0 bridgehead atoms. The molecule has 4 heteroatoms. The highest BCUT2D eigenvalue weighted by atomic mass is 79.9. The smallest absolute Gasteiger partial charge is 0.134 e. The molecule has 0 amide bonds. The molecule has 24 heavy (non-hydrogen) atoms. The molecule has 0 fully saturated rings. The number of fused-ring (bicyclic) bond motifs is 1. The first-order valence-corrected chi connectivity index (χ1v) is 9.83. The lowest BCUT2D eigenvalue weighted by atomic mass is 9.72. The molecule has 0 spiro atoms. The van der Waals surface area contributed by atoms with Crippen LogP contribution in [0, 0.1) is 22.7 Å². The first-order valence-electron chi connectivity index (χ1n) is 8.22. The summed E-state index contributed by atoms with van der Waals surface area (Å²) < 4.78 is 1.03. The van der Waals surface area contributed by atoms with Crippen molar-refractivity contribution in [3.05, 3.63) is 50.3 Å². The maximum Gasteiger partial charge on any atom is 0.134 e. The number of hydrogen-bond acceptors (Lipinski definition) is 3. The third kappa shape index (κ3) is 3.63. The summed E-state index contributed by atoms with van der Waals surface area (Å²) in [5.41, 5.74) is 3.37. The van der Waals surface area contributed by atoms with Crippen molar-refractivity contribution >= 4 is 38.5 Å². The van der Waals surface area contributed by atoms with Crippen LogP contribution in [0.4, 0.5) is 5.00 Å². The van der Waals surface area contributed by atoms with Gasteiger partial charge in [0.2, 0.25) is 0 Å². The summed E-state index contributed by atoms with van der Waals surface area (Å²) in [6, 6.07) is 10.4. The first-order chi connectivity index (χ1) is 11.4. The van der Waals surface area contributed by atoms with E-state index < -0.39 is 0 Å².